The van der Waals surface area contributed by atoms with Crippen molar-refractivity contribution in [2.45, 2.75) is 51.0 Å². The van der Waals surface area contributed by atoms with Crippen LogP contribution in [0.4, 0.5) is 0 Å². The number of halogens is 1. The fourth-order valence-corrected chi connectivity index (χ4v) is 4.93. The Labute approximate surface area is 210 Å². The summed E-state index contributed by atoms with van der Waals surface area (Å²) in [7, 11) is 0. The molecule has 4 unspecified atom stereocenters. The molecular formula is C27H31ClN2O5. The highest BCUT2D eigenvalue weighted by Crippen LogP contribution is 2.47. The maximum absolute atomic E-state index is 13.4. The smallest absolute Gasteiger partial charge is 0.247 e. The number of para-hydroxylation sites is 1. The fourth-order valence-electron chi connectivity index (χ4n) is 4.80. The summed E-state index contributed by atoms with van der Waals surface area (Å²) in [6.45, 7) is 4.08. The van der Waals surface area contributed by atoms with E-state index in [1.165, 1.54) is 0 Å². The Bertz CT molecular complexity index is 1100. The number of aliphatic hydroxyl groups excluding tert-OH is 2. The number of ether oxygens (including phenoxy) is 1. The van der Waals surface area contributed by atoms with E-state index in [0.29, 0.717) is 22.8 Å². The first-order chi connectivity index (χ1) is 16.8. The van der Waals surface area contributed by atoms with Crippen molar-refractivity contribution in [1.29, 1.82) is 0 Å². The zero-order chi connectivity index (χ0) is 25.1. The minimum atomic E-state index is -1.05. The zero-order valence-electron chi connectivity index (χ0n) is 19.9. The molecule has 4 atom stereocenters. The zero-order valence-corrected chi connectivity index (χ0v) is 20.6. The summed E-state index contributed by atoms with van der Waals surface area (Å²) in [4.78, 5) is 28.2. The van der Waals surface area contributed by atoms with Crippen LogP contribution in [0.25, 0.3) is 0 Å². The van der Waals surface area contributed by atoms with E-state index in [4.69, 9.17) is 16.3 Å². The number of carbonyl (C=O) groups is 2. The Hall–Kier alpha value is -2.87. The van der Waals surface area contributed by atoms with E-state index in [-0.39, 0.29) is 37.4 Å². The van der Waals surface area contributed by atoms with E-state index in [9.17, 15) is 19.8 Å². The van der Waals surface area contributed by atoms with Gasteiger partial charge in [-0.15, -0.1) is 0 Å². The predicted octanol–water partition coefficient (Wildman–Crippen LogP) is 3.04. The van der Waals surface area contributed by atoms with Crippen molar-refractivity contribution < 1.29 is 24.5 Å². The SMILES string of the molecule is CC(C)CC(=O)N(Cc1ccc(Cl)cc1)C1C=C(C(=O)NCCO)C2c3ccccc3OC2C1O. The lowest BCUT2D eigenvalue weighted by Gasteiger charge is -2.41. The molecule has 7 nitrogen and oxygen atoms in total. The Kier molecular flexibility index (Phi) is 7.79. The molecule has 1 aliphatic carbocycles. The van der Waals surface area contributed by atoms with E-state index >= 15 is 0 Å². The van der Waals surface area contributed by atoms with Crippen molar-refractivity contribution in [1.82, 2.24) is 10.2 Å². The van der Waals surface area contributed by atoms with Gasteiger partial charge in [-0.1, -0.05) is 55.8 Å². The predicted molar refractivity (Wildman–Crippen MR) is 133 cm³/mol. The molecule has 1 aliphatic heterocycles. The first-order valence-corrected chi connectivity index (χ1v) is 12.3. The Morgan fingerprint density at radius 2 is 1.86 bits per heavy atom. The molecule has 8 heteroatoms. The molecule has 0 spiro atoms. The topological polar surface area (TPSA) is 99.1 Å². The average Bonchev–Trinajstić information content (AvgIpc) is 3.22. The molecule has 0 saturated carbocycles. The van der Waals surface area contributed by atoms with Crippen LogP contribution < -0.4 is 10.1 Å². The Balaban J connectivity index is 1.75. The molecule has 2 aromatic carbocycles. The lowest BCUT2D eigenvalue weighted by atomic mass is 9.77. The van der Waals surface area contributed by atoms with Gasteiger partial charge in [0.25, 0.3) is 0 Å². The van der Waals surface area contributed by atoms with Crippen LogP contribution >= 0.6 is 11.6 Å². The second-order valence-corrected chi connectivity index (χ2v) is 9.86. The monoisotopic (exact) mass is 498 g/mol. The van der Waals surface area contributed by atoms with Gasteiger partial charge in [0, 0.05) is 35.7 Å². The maximum Gasteiger partial charge on any atom is 0.247 e. The van der Waals surface area contributed by atoms with Crippen LogP contribution in [-0.4, -0.2) is 58.3 Å². The van der Waals surface area contributed by atoms with Crippen molar-refractivity contribution >= 4 is 23.4 Å². The van der Waals surface area contributed by atoms with Gasteiger partial charge in [-0.05, 0) is 35.8 Å². The number of benzene rings is 2. The van der Waals surface area contributed by atoms with Gasteiger partial charge in [0.05, 0.1) is 18.6 Å². The summed E-state index contributed by atoms with van der Waals surface area (Å²) in [5.41, 5.74) is 2.09. The average molecular weight is 499 g/mol. The number of fused-ring (bicyclic) bond motifs is 3. The largest absolute Gasteiger partial charge is 0.486 e. The first kappa shape index (κ1) is 25.2. The molecule has 2 amide bonds. The standard InChI is InChI=1S/C27H31ClN2O5/c1-16(2)13-23(32)30(15-17-7-9-18(28)10-8-17)21-14-20(27(34)29-11-12-31)24-19-5-3-4-6-22(19)35-26(24)25(21)33/h3-10,14,16,21,24-26,31,33H,11-13,15H2,1-2H3,(H,29,34). The second kappa shape index (κ2) is 10.8. The molecule has 2 aliphatic rings. The van der Waals surface area contributed by atoms with E-state index in [1.807, 2.05) is 50.2 Å². The Morgan fingerprint density at radius 3 is 2.54 bits per heavy atom. The van der Waals surface area contributed by atoms with E-state index < -0.39 is 24.2 Å². The molecule has 4 rings (SSSR count). The molecule has 0 radical (unpaired) electrons. The summed E-state index contributed by atoms with van der Waals surface area (Å²) in [5, 5.41) is 24.0. The van der Waals surface area contributed by atoms with E-state index in [0.717, 1.165) is 11.1 Å². The van der Waals surface area contributed by atoms with E-state index in [1.54, 1.807) is 23.1 Å². The maximum atomic E-state index is 13.4. The molecule has 35 heavy (non-hydrogen) atoms. The molecule has 0 bridgehead atoms. The minimum absolute atomic E-state index is 0.101. The summed E-state index contributed by atoms with van der Waals surface area (Å²) >= 11 is 6.04. The first-order valence-electron chi connectivity index (χ1n) is 11.9. The van der Waals surface area contributed by atoms with Crippen LogP contribution in [0.5, 0.6) is 5.75 Å². The van der Waals surface area contributed by atoms with Crippen LogP contribution in [0.15, 0.2) is 60.2 Å². The van der Waals surface area contributed by atoms with Crippen LogP contribution in [0.3, 0.4) is 0 Å². The summed E-state index contributed by atoms with van der Waals surface area (Å²) in [5.74, 6) is -0.227. The van der Waals surface area contributed by atoms with Gasteiger partial charge in [0.1, 0.15) is 18.0 Å². The van der Waals surface area contributed by atoms with Crippen molar-refractivity contribution in [2.75, 3.05) is 13.2 Å². The highest BCUT2D eigenvalue weighted by atomic mass is 35.5. The quantitative estimate of drug-likeness (QED) is 0.519. The molecule has 1 heterocycles. The van der Waals surface area contributed by atoms with Crippen LogP contribution in [0, 0.1) is 5.92 Å². The lowest BCUT2D eigenvalue weighted by Crippen LogP contribution is -2.55. The molecule has 0 aromatic heterocycles. The second-order valence-electron chi connectivity index (χ2n) is 9.43. The van der Waals surface area contributed by atoms with Crippen molar-refractivity contribution in [2.24, 2.45) is 5.92 Å². The van der Waals surface area contributed by atoms with Crippen molar-refractivity contribution in [3.63, 3.8) is 0 Å². The van der Waals surface area contributed by atoms with Crippen LogP contribution in [0.2, 0.25) is 5.02 Å². The number of nitrogens with zero attached hydrogens (tertiary/aromatic N) is 1. The molecule has 2 aromatic rings. The molecule has 0 fully saturated rings. The highest BCUT2D eigenvalue weighted by molar-refractivity contribution is 6.30. The van der Waals surface area contributed by atoms with Gasteiger partial charge < -0.3 is 25.2 Å². The van der Waals surface area contributed by atoms with Gasteiger partial charge in [-0.3, -0.25) is 9.59 Å². The van der Waals surface area contributed by atoms with E-state index in [2.05, 4.69) is 5.32 Å². The van der Waals surface area contributed by atoms with Gasteiger partial charge in [0.2, 0.25) is 11.8 Å². The fraction of sp³-hybridized carbons (Fsp3) is 0.407. The number of nitrogens with one attached hydrogen (secondary N) is 1. The third kappa shape index (κ3) is 5.37. The number of carbonyl (C=O) groups excluding carboxylic acids is 2. The number of amides is 2. The third-order valence-electron chi connectivity index (χ3n) is 6.41. The summed E-state index contributed by atoms with van der Waals surface area (Å²) < 4.78 is 6.14. The summed E-state index contributed by atoms with van der Waals surface area (Å²) in [6, 6.07) is 13.8. The molecule has 186 valence electrons. The lowest BCUT2D eigenvalue weighted by molar-refractivity contribution is -0.138. The molecular weight excluding hydrogens is 468 g/mol. The van der Waals surface area contributed by atoms with Gasteiger partial charge >= 0.3 is 0 Å². The number of rotatable bonds is 8. The van der Waals surface area contributed by atoms with Crippen molar-refractivity contribution in [3.05, 3.63) is 76.3 Å². The number of aliphatic hydroxyl groups is 2. The molecule has 3 N–H and O–H groups in total. The number of hydrogen-bond acceptors (Lipinski definition) is 5. The van der Waals surface area contributed by atoms with Crippen molar-refractivity contribution in [3.8, 4) is 5.75 Å². The number of hydrogen-bond donors (Lipinski definition) is 3. The third-order valence-corrected chi connectivity index (χ3v) is 6.66. The highest BCUT2D eigenvalue weighted by Gasteiger charge is 2.50. The van der Waals surface area contributed by atoms with Gasteiger partial charge in [0.15, 0.2) is 0 Å². The Morgan fingerprint density at radius 1 is 1.14 bits per heavy atom. The molecule has 0 saturated heterocycles. The van der Waals surface area contributed by atoms with Crippen LogP contribution in [-0.2, 0) is 16.1 Å². The normalized spacial score (nSPS) is 22.6. The minimum Gasteiger partial charge on any atom is -0.486 e. The summed E-state index contributed by atoms with van der Waals surface area (Å²) in [6.07, 6.45) is 0.214. The van der Waals surface area contributed by atoms with Crippen LogP contribution in [0.1, 0.15) is 37.3 Å². The van der Waals surface area contributed by atoms with Gasteiger partial charge in [-0.2, -0.15) is 0 Å². The van der Waals surface area contributed by atoms with Gasteiger partial charge in [-0.25, -0.2) is 0 Å².